The summed E-state index contributed by atoms with van der Waals surface area (Å²) in [6, 6.07) is 7.59. The van der Waals surface area contributed by atoms with Crippen LogP contribution >= 0.6 is 11.3 Å². The third-order valence-electron chi connectivity index (χ3n) is 5.06. The number of anilines is 2. The van der Waals surface area contributed by atoms with Crippen molar-refractivity contribution in [3.8, 4) is 0 Å². The number of benzene rings is 1. The number of carbonyl (C=O) groups is 1. The van der Waals surface area contributed by atoms with E-state index >= 15 is 0 Å². The molecule has 1 aromatic carbocycles. The monoisotopic (exact) mass is 370 g/mol. The molecule has 138 valence electrons. The Kier molecular flexibility index (Phi) is 5.28. The predicted molar refractivity (Wildman–Crippen MR) is 108 cm³/mol. The summed E-state index contributed by atoms with van der Waals surface area (Å²) in [4.78, 5) is 32.1. The van der Waals surface area contributed by atoms with Gasteiger partial charge < -0.3 is 4.90 Å². The summed E-state index contributed by atoms with van der Waals surface area (Å²) in [5.41, 5.74) is 2.67. The third-order valence-corrected chi connectivity index (χ3v) is 6.25. The number of hydrogen-bond donors (Lipinski definition) is 0. The quantitative estimate of drug-likeness (QED) is 0.712. The minimum Gasteiger partial charge on any atom is -0.318 e. The number of fused-ring (bicyclic) bond motifs is 1. The van der Waals surface area contributed by atoms with Crippen molar-refractivity contribution in [1.29, 1.82) is 0 Å². The van der Waals surface area contributed by atoms with E-state index in [9.17, 15) is 9.59 Å². The van der Waals surface area contributed by atoms with E-state index in [1.54, 1.807) is 11.3 Å². The number of ketones is 1. The SMILES string of the molecule is CCC(=O)c1ccc(N(CC)c2nc(=O)c3c(s2)CCC(C)(C)C3)cc1. The minimum absolute atomic E-state index is 0.0854. The topological polar surface area (TPSA) is 50.3 Å². The summed E-state index contributed by atoms with van der Waals surface area (Å²) in [5, 5.41) is 0.741. The van der Waals surface area contributed by atoms with Crippen LogP contribution in [0, 0.1) is 5.41 Å². The zero-order chi connectivity index (χ0) is 18.9. The molecule has 1 aliphatic carbocycles. The molecule has 1 heterocycles. The Morgan fingerprint density at radius 2 is 1.92 bits per heavy atom. The van der Waals surface area contributed by atoms with E-state index in [1.165, 1.54) is 4.88 Å². The van der Waals surface area contributed by atoms with Crippen molar-refractivity contribution >= 4 is 27.9 Å². The normalized spacial score (nSPS) is 15.4. The van der Waals surface area contributed by atoms with Crippen molar-refractivity contribution < 1.29 is 4.79 Å². The van der Waals surface area contributed by atoms with Gasteiger partial charge in [-0.25, -0.2) is 0 Å². The van der Waals surface area contributed by atoms with Crippen molar-refractivity contribution in [2.45, 2.75) is 53.4 Å². The molecule has 26 heavy (non-hydrogen) atoms. The van der Waals surface area contributed by atoms with E-state index < -0.39 is 0 Å². The van der Waals surface area contributed by atoms with E-state index in [0.717, 1.165) is 41.2 Å². The Labute approximate surface area is 158 Å². The Bertz CT molecular complexity index is 869. The van der Waals surface area contributed by atoms with Gasteiger partial charge >= 0.3 is 0 Å². The summed E-state index contributed by atoms with van der Waals surface area (Å²) in [6.45, 7) is 9.06. The van der Waals surface area contributed by atoms with Gasteiger partial charge in [-0.2, -0.15) is 4.98 Å². The van der Waals surface area contributed by atoms with Gasteiger partial charge in [0.2, 0.25) is 0 Å². The van der Waals surface area contributed by atoms with E-state index in [0.29, 0.717) is 13.0 Å². The molecule has 0 N–H and O–H groups in total. The summed E-state index contributed by atoms with van der Waals surface area (Å²) in [6.07, 6.45) is 3.35. The van der Waals surface area contributed by atoms with E-state index in [2.05, 4.69) is 18.8 Å². The van der Waals surface area contributed by atoms with Crippen LogP contribution in [0.5, 0.6) is 0 Å². The maximum Gasteiger partial charge on any atom is 0.276 e. The molecule has 1 aromatic heterocycles. The molecule has 0 fully saturated rings. The average molecular weight is 371 g/mol. The van der Waals surface area contributed by atoms with Gasteiger partial charge in [-0.05, 0) is 55.9 Å². The second-order valence-corrected chi connectivity index (χ2v) is 8.67. The largest absolute Gasteiger partial charge is 0.318 e. The number of aromatic nitrogens is 1. The van der Waals surface area contributed by atoms with Gasteiger partial charge in [0, 0.05) is 34.7 Å². The molecule has 1 aliphatic rings. The summed E-state index contributed by atoms with van der Waals surface area (Å²) < 4.78 is 0. The lowest BCUT2D eigenvalue weighted by molar-refractivity contribution is 0.0988. The van der Waals surface area contributed by atoms with Gasteiger partial charge in [0.25, 0.3) is 5.56 Å². The smallest absolute Gasteiger partial charge is 0.276 e. The van der Waals surface area contributed by atoms with Crippen molar-refractivity contribution in [2.75, 3.05) is 11.4 Å². The molecule has 0 bridgehead atoms. The first-order valence-corrected chi connectivity index (χ1v) is 10.1. The van der Waals surface area contributed by atoms with E-state index in [-0.39, 0.29) is 16.8 Å². The molecule has 5 heteroatoms. The number of rotatable bonds is 5. The van der Waals surface area contributed by atoms with Crippen LogP contribution in [0.25, 0.3) is 0 Å². The Hall–Kier alpha value is -2.01. The highest BCUT2D eigenvalue weighted by molar-refractivity contribution is 7.15. The van der Waals surface area contributed by atoms with Crippen LogP contribution in [-0.4, -0.2) is 17.3 Å². The first-order chi connectivity index (χ1) is 12.3. The van der Waals surface area contributed by atoms with Gasteiger partial charge in [0.15, 0.2) is 10.9 Å². The van der Waals surface area contributed by atoms with Crippen molar-refractivity contribution in [1.82, 2.24) is 4.98 Å². The number of nitrogens with zero attached hydrogens (tertiary/aromatic N) is 2. The Balaban J connectivity index is 1.95. The number of hydrogen-bond acceptors (Lipinski definition) is 5. The fourth-order valence-corrected chi connectivity index (χ4v) is 4.62. The molecule has 0 aliphatic heterocycles. The van der Waals surface area contributed by atoms with Crippen LogP contribution in [0.1, 0.15) is 61.3 Å². The maximum atomic E-state index is 12.6. The van der Waals surface area contributed by atoms with Crippen molar-refractivity contribution in [3.63, 3.8) is 0 Å². The summed E-state index contributed by atoms with van der Waals surface area (Å²) >= 11 is 1.63. The standard InChI is InChI=1S/C21H26N2O2S/c1-5-17(24)14-7-9-15(10-8-14)23(6-2)20-22-19(25)16-13-21(3,4)12-11-18(16)26-20/h7-10H,5-6,11-13H2,1-4H3. The van der Waals surface area contributed by atoms with Crippen LogP contribution in [0.3, 0.4) is 0 Å². The van der Waals surface area contributed by atoms with Gasteiger partial charge in [0.1, 0.15) is 0 Å². The van der Waals surface area contributed by atoms with Crippen LogP contribution in [-0.2, 0) is 12.8 Å². The van der Waals surface area contributed by atoms with Crippen molar-refractivity contribution in [3.05, 3.63) is 50.6 Å². The zero-order valence-corrected chi connectivity index (χ0v) is 16.8. The second kappa shape index (κ2) is 7.31. The first kappa shape index (κ1) is 18.8. The molecule has 0 unspecified atom stereocenters. The second-order valence-electron chi connectivity index (χ2n) is 7.61. The highest BCUT2D eigenvalue weighted by Crippen LogP contribution is 2.37. The number of Topliss-reactive ketones (excluding diaryl/α,β-unsaturated/α-hetero) is 1. The third kappa shape index (κ3) is 3.73. The highest BCUT2D eigenvalue weighted by Gasteiger charge is 2.29. The highest BCUT2D eigenvalue weighted by atomic mass is 32.1. The molecule has 0 saturated carbocycles. The number of aryl methyl sites for hydroxylation is 1. The predicted octanol–water partition coefficient (Wildman–Crippen LogP) is 4.77. The molecule has 0 amide bonds. The summed E-state index contributed by atoms with van der Waals surface area (Å²) in [7, 11) is 0. The Morgan fingerprint density at radius 1 is 1.23 bits per heavy atom. The zero-order valence-electron chi connectivity index (χ0n) is 16.0. The molecule has 0 radical (unpaired) electrons. The molecular formula is C21H26N2O2S. The van der Waals surface area contributed by atoms with Gasteiger partial charge in [-0.1, -0.05) is 20.8 Å². The fourth-order valence-electron chi connectivity index (χ4n) is 3.44. The van der Waals surface area contributed by atoms with Gasteiger partial charge in [-0.3, -0.25) is 9.59 Å². The van der Waals surface area contributed by atoms with Crippen LogP contribution in [0.2, 0.25) is 0 Å². The molecule has 2 aromatic rings. The van der Waals surface area contributed by atoms with Crippen LogP contribution in [0.4, 0.5) is 10.8 Å². The lowest BCUT2D eigenvalue weighted by Gasteiger charge is -2.31. The van der Waals surface area contributed by atoms with Crippen molar-refractivity contribution in [2.24, 2.45) is 5.41 Å². The maximum absolute atomic E-state index is 12.6. The van der Waals surface area contributed by atoms with Gasteiger partial charge in [-0.15, -0.1) is 11.3 Å². The average Bonchev–Trinajstić information content (AvgIpc) is 2.62. The van der Waals surface area contributed by atoms with E-state index in [4.69, 9.17) is 0 Å². The number of carbonyl (C=O) groups excluding carboxylic acids is 1. The molecular weight excluding hydrogens is 344 g/mol. The first-order valence-electron chi connectivity index (χ1n) is 9.28. The lowest BCUT2D eigenvalue weighted by atomic mass is 9.77. The van der Waals surface area contributed by atoms with Crippen LogP contribution < -0.4 is 10.5 Å². The lowest BCUT2D eigenvalue weighted by Crippen LogP contribution is -2.29. The minimum atomic E-state index is -0.0854. The molecule has 3 rings (SSSR count). The Morgan fingerprint density at radius 3 is 2.54 bits per heavy atom. The van der Waals surface area contributed by atoms with Crippen LogP contribution in [0.15, 0.2) is 29.1 Å². The molecule has 0 saturated heterocycles. The fraction of sp³-hybridized carbons (Fsp3) is 0.476. The van der Waals surface area contributed by atoms with E-state index in [1.807, 2.05) is 43.0 Å². The summed E-state index contributed by atoms with van der Waals surface area (Å²) in [5.74, 6) is 0.138. The molecule has 0 spiro atoms. The van der Waals surface area contributed by atoms with Gasteiger partial charge in [0.05, 0.1) is 0 Å². The molecule has 0 atom stereocenters. The molecule has 4 nitrogen and oxygen atoms in total.